The van der Waals surface area contributed by atoms with E-state index in [4.69, 9.17) is 11.6 Å². The van der Waals surface area contributed by atoms with E-state index in [-0.39, 0.29) is 5.21 Å². The molecule has 1 N–H and O–H groups in total. The molecule has 0 atom stereocenters. The molecule has 0 unspecified atom stereocenters. The molecular formula is C10H14ClNO2S2. The van der Waals surface area contributed by atoms with Gasteiger partial charge in [-0.25, -0.2) is 13.1 Å². The summed E-state index contributed by atoms with van der Waals surface area (Å²) in [5.41, 5.74) is 1.24. The molecule has 1 aromatic rings. The van der Waals surface area contributed by atoms with E-state index in [2.05, 4.69) is 16.9 Å². The highest BCUT2D eigenvalue weighted by Crippen LogP contribution is 2.10. The second-order valence-electron chi connectivity index (χ2n) is 3.16. The second-order valence-corrected chi connectivity index (χ2v) is 6.65. The Morgan fingerprint density at radius 1 is 1.25 bits per heavy atom. The number of thioether (sulfide) groups is 1. The first-order valence-corrected chi connectivity index (χ1v) is 8.13. The van der Waals surface area contributed by atoms with Crippen LogP contribution in [0.4, 0.5) is 0 Å². The fourth-order valence-electron chi connectivity index (χ4n) is 1.07. The molecule has 0 aliphatic heterocycles. The number of rotatable bonds is 7. The van der Waals surface area contributed by atoms with E-state index in [1.807, 2.05) is 18.2 Å². The molecule has 0 spiro atoms. The summed E-state index contributed by atoms with van der Waals surface area (Å²) in [6.45, 7) is 0.423. The lowest BCUT2D eigenvalue weighted by atomic mass is 10.2. The van der Waals surface area contributed by atoms with Crippen molar-refractivity contribution in [3.63, 3.8) is 0 Å². The van der Waals surface area contributed by atoms with E-state index in [1.54, 1.807) is 11.8 Å². The molecule has 90 valence electrons. The lowest BCUT2D eigenvalue weighted by Gasteiger charge is -2.03. The van der Waals surface area contributed by atoms with Crippen LogP contribution in [0, 0.1) is 0 Å². The first-order chi connectivity index (χ1) is 7.64. The fraction of sp³-hybridized carbons (Fsp3) is 0.400. The molecule has 0 heterocycles. The minimum absolute atomic E-state index is 0.379. The van der Waals surface area contributed by atoms with Gasteiger partial charge in [0, 0.05) is 18.1 Å². The van der Waals surface area contributed by atoms with Crippen molar-refractivity contribution in [1.29, 1.82) is 0 Å². The first-order valence-electron chi connectivity index (χ1n) is 4.79. The van der Waals surface area contributed by atoms with Gasteiger partial charge in [0.2, 0.25) is 10.0 Å². The zero-order valence-corrected chi connectivity index (χ0v) is 11.1. The van der Waals surface area contributed by atoms with Gasteiger partial charge in [0.1, 0.15) is 5.21 Å². The summed E-state index contributed by atoms with van der Waals surface area (Å²) in [5.74, 6) is 1.63. The maximum Gasteiger partial charge on any atom is 0.225 e. The fourth-order valence-corrected chi connectivity index (χ4v) is 2.74. The minimum Gasteiger partial charge on any atom is -0.213 e. The van der Waals surface area contributed by atoms with Crippen molar-refractivity contribution in [2.24, 2.45) is 0 Å². The summed E-state index contributed by atoms with van der Waals surface area (Å²) in [4.78, 5) is 0. The SMILES string of the molecule is O=S(=O)(CCl)NCCSCc1ccccc1. The molecule has 16 heavy (non-hydrogen) atoms. The molecule has 0 fully saturated rings. The number of alkyl halides is 1. The van der Waals surface area contributed by atoms with Crippen LogP contribution in [-0.4, -0.2) is 25.9 Å². The van der Waals surface area contributed by atoms with Crippen molar-refractivity contribution in [2.45, 2.75) is 5.75 Å². The van der Waals surface area contributed by atoms with Crippen LogP contribution in [0.2, 0.25) is 0 Å². The topological polar surface area (TPSA) is 46.2 Å². The third-order valence-electron chi connectivity index (χ3n) is 1.82. The minimum atomic E-state index is -3.26. The van der Waals surface area contributed by atoms with Gasteiger partial charge in [-0.2, -0.15) is 11.8 Å². The summed E-state index contributed by atoms with van der Waals surface area (Å²) >= 11 is 6.93. The van der Waals surface area contributed by atoms with Crippen LogP contribution in [0.3, 0.4) is 0 Å². The standard InChI is InChI=1S/C10H14ClNO2S2/c11-9-16(13,14)12-6-7-15-8-10-4-2-1-3-5-10/h1-5,12H,6-9H2. The Labute approximate surface area is 106 Å². The molecule has 0 saturated heterocycles. The van der Waals surface area contributed by atoms with E-state index in [0.29, 0.717) is 6.54 Å². The summed E-state index contributed by atoms with van der Waals surface area (Å²) in [6.07, 6.45) is 0. The first kappa shape index (κ1) is 13.8. The highest BCUT2D eigenvalue weighted by atomic mass is 35.5. The number of hydrogen-bond acceptors (Lipinski definition) is 3. The predicted molar refractivity (Wildman–Crippen MR) is 70.2 cm³/mol. The maximum atomic E-state index is 11.0. The van der Waals surface area contributed by atoms with Crippen molar-refractivity contribution in [3.8, 4) is 0 Å². The van der Waals surface area contributed by atoms with Gasteiger partial charge in [-0.05, 0) is 5.56 Å². The van der Waals surface area contributed by atoms with E-state index in [9.17, 15) is 8.42 Å². The Hall–Kier alpha value is -0.230. The normalized spacial score (nSPS) is 11.6. The quantitative estimate of drug-likeness (QED) is 0.614. The summed E-state index contributed by atoms with van der Waals surface area (Å²) in [7, 11) is -3.26. The highest BCUT2D eigenvalue weighted by Gasteiger charge is 2.05. The van der Waals surface area contributed by atoms with Crippen molar-refractivity contribution in [1.82, 2.24) is 4.72 Å². The molecule has 3 nitrogen and oxygen atoms in total. The van der Waals surface area contributed by atoms with E-state index in [1.165, 1.54) is 5.56 Å². The second kappa shape index (κ2) is 7.17. The van der Waals surface area contributed by atoms with Crippen molar-refractivity contribution in [3.05, 3.63) is 35.9 Å². The summed E-state index contributed by atoms with van der Waals surface area (Å²) in [6, 6.07) is 10.1. The number of nitrogens with one attached hydrogen (secondary N) is 1. The van der Waals surface area contributed by atoms with Gasteiger partial charge in [-0.1, -0.05) is 30.3 Å². The third kappa shape index (κ3) is 5.75. The zero-order valence-electron chi connectivity index (χ0n) is 8.73. The number of hydrogen-bond donors (Lipinski definition) is 1. The highest BCUT2D eigenvalue weighted by molar-refractivity contribution is 7.98. The molecule has 0 aromatic heterocycles. The van der Waals surface area contributed by atoms with Crippen LogP contribution in [0.1, 0.15) is 5.56 Å². The molecule has 6 heteroatoms. The van der Waals surface area contributed by atoms with Gasteiger partial charge in [0.15, 0.2) is 0 Å². The van der Waals surface area contributed by atoms with Crippen LogP contribution in [-0.2, 0) is 15.8 Å². The molecule has 0 saturated carbocycles. The smallest absolute Gasteiger partial charge is 0.213 e. The third-order valence-corrected chi connectivity index (χ3v) is 4.65. The van der Waals surface area contributed by atoms with E-state index >= 15 is 0 Å². The van der Waals surface area contributed by atoms with Crippen LogP contribution < -0.4 is 4.72 Å². The Morgan fingerprint density at radius 3 is 2.56 bits per heavy atom. The number of halogens is 1. The lowest BCUT2D eigenvalue weighted by Crippen LogP contribution is -2.26. The van der Waals surface area contributed by atoms with E-state index < -0.39 is 10.0 Å². The average Bonchev–Trinajstić information content (AvgIpc) is 2.30. The Morgan fingerprint density at radius 2 is 1.94 bits per heavy atom. The van der Waals surface area contributed by atoms with Gasteiger partial charge in [-0.15, -0.1) is 11.6 Å². The summed E-state index contributed by atoms with van der Waals surface area (Å²) in [5, 5.41) is -0.379. The molecule has 0 aliphatic carbocycles. The Kier molecular flexibility index (Phi) is 6.20. The van der Waals surface area contributed by atoms with E-state index in [0.717, 1.165) is 11.5 Å². The van der Waals surface area contributed by atoms with Crippen LogP contribution >= 0.6 is 23.4 Å². The van der Waals surface area contributed by atoms with Crippen molar-refractivity contribution < 1.29 is 8.42 Å². The molecule has 0 amide bonds. The van der Waals surface area contributed by atoms with Gasteiger partial charge in [0.25, 0.3) is 0 Å². The molecule has 0 aliphatic rings. The Bertz CT molecular complexity index is 395. The van der Waals surface area contributed by atoms with Gasteiger partial charge in [-0.3, -0.25) is 0 Å². The zero-order chi connectivity index (χ0) is 11.9. The molecule has 0 bridgehead atoms. The average molecular weight is 280 g/mol. The monoisotopic (exact) mass is 279 g/mol. The molecule has 0 radical (unpaired) electrons. The van der Waals surface area contributed by atoms with Crippen LogP contribution in [0.25, 0.3) is 0 Å². The van der Waals surface area contributed by atoms with Crippen LogP contribution in [0.5, 0.6) is 0 Å². The molecule has 1 aromatic carbocycles. The lowest BCUT2D eigenvalue weighted by molar-refractivity contribution is 0.589. The number of sulfonamides is 1. The van der Waals surface area contributed by atoms with Crippen molar-refractivity contribution in [2.75, 3.05) is 17.5 Å². The van der Waals surface area contributed by atoms with Gasteiger partial charge >= 0.3 is 0 Å². The van der Waals surface area contributed by atoms with Crippen molar-refractivity contribution >= 4 is 33.4 Å². The molecule has 1 rings (SSSR count). The summed E-state index contributed by atoms with van der Waals surface area (Å²) < 4.78 is 24.4. The largest absolute Gasteiger partial charge is 0.225 e. The number of benzene rings is 1. The Balaban J connectivity index is 2.14. The van der Waals surface area contributed by atoms with Gasteiger partial charge in [0.05, 0.1) is 0 Å². The van der Waals surface area contributed by atoms with Crippen LogP contribution in [0.15, 0.2) is 30.3 Å². The predicted octanol–water partition coefficient (Wildman–Crippen LogP) is 2.04. The molecular weight excluding hydrogens is 266 g/mol. The maximum absolute atomic E-state index is 11.0. The van der Waals surface area contributed by atoms with Gasteiger partial charge < -0.3 is 0 Å².